The zero-order valence-electron chi connectivity index (χ0n) is 16.4. The minimum atomic E-state index is 0.0249. The molecule has 27 heavy (non-hydrogen) atoms. The van der Waals surface area contributed by atoms with Gasteiger partial charge in [0.25, 0.3) is 0 Å². The van der Waals surface area contributed by atoms with Crippen LogP contribution in [0.4, 0.5) is 4.79 Å². The fourth-order valence-electron chi connectivity index (χ4n) is 3.92. The topological polar surface area (TPSA) is 61.9 Å². The molecule has 2 saturated heterocycles. The number of aryl methyl sites for hydroxylation is 1. The number of nitrogens with zero attached hydrogens (tertiary/aromatic N) is 2. The number of hydrogen-bond acceptors (Lipinski definition) is 3. The number of hydrogen-bond donors (Lipinski definition) is 1. The Morgan fingerprint density at radius 3 is 2.56 bits per heavy atom. The van der Waals surface area contributed by atoms with Crippen LogP contribution in [0.15, 0.2) is 24.3 Å². The Kier molecular flexibility index (Phi) is 6.58. The SMILES string of the molecule is CC(=O)N1CCC(NC(=O)N2CCCC(COc3ccccc3C)C2)CC1. The van der Waals surface area contributed by atoms with Crippen LogP contribution in [0.5, 0.6) is 5.75 Å². The Hall–Kier alpha value is -2.24. The summed E-state index contributed by atoms with van der Waals surface area (Å²) in [6.45, 7) is 7.30. The summed E-state index contributed by atoms with van der Waals surface area (Å²) < 4.78 is 5.99. The molecule has 0 spiro atoms. The van der Waals surface area contributed by atoms with Crippen molar-refractivity contribution >= 4 is 11.9 Å². The van der Waals surface area contributed by atoms with Gasteiger partial charge in [-0.3, -0.25) is 4.79 Å². The number of ether oxygens (including phenoxy) is 1. The van der Waals surface area contributed by atoms with Crippen molar-refractivity contribution < 1.29 is 14.3 Å². The predicted octanol–water partition coefficient (Wildman–Crippen LogP) is 2.81. The summed E-state index contributed by atoms with van der Waals surface area (Å²) in [5.41, 5.74) is 1.14. The van der Waals surface area contributed by atoms with Gasteiger partial charge >= 0.3 is 6.03 Å². The van der Waals surface area contributed by atoms with Gasteiger partial charge in [-0.2, -0.15) is 0 Å². The van der Waals surface area contributed by atoms with Crippen molar-refractivity contribution in [2.45, 2.75) is 45.6 Å². The molecular weight excluding hydrogens is 342 g/mol. The van der Waals surface area contributed by atoms with Gasteiger partial charge in [0.15, 0.2) is 0 Å². The second-order valence-electron chi connectivity index (χ2n) is 7.76. The van der Waals surface area contributed by atoms with Crippen molar-refractivity contribution in [3.8, 4) is 5.75 Å². The summed E-state index contributed by atoms with van der Waals surface area (Å²) in [6.07, 6.45) is 3.77. The molecule has 2 heterocycles. The number of benzene rings is 1. The van der Waals surface area contributed by atoms with Crippen LogP contribution in [0, 0.1) is 12.8 Å². The number of carbonyl (C=O) groups excluding carboxylic acids is 2. The molecule has 2 fully saturated rings. The Morgan fingerprint density at radius 1 is 1.11 bits per heavy atom. The number of urea groups is 1. The smallest absolute Gasteiger partial charge is 0.317 e. The lowest BCUT2D eigenvalue weighted by Crippen LogP contribution is -2.52. The number of rotatable bonds is 4. The summed E-state index contributed by atoms with van der Waals surface area (Å²) in [5, 5.41) is 3.16. The van der Waals surface area contributed by atoms with Crippen molar-refractivity contribution in [1.82, 2.24) is 15.1 Å². The Bertz CT molecular complexity index is 656. The molecule has 3 rings (SSSR count). The van der Waals surface area contributed by atoms with Gasteiger partial charge in [-0.25, -0.2) is 4.79 Å². The van der Waals surface area contributed by atoms with E-state index in [4.69, 9.17) is 4.74 Å². The second-order valence-corrected chi connectivity index (χ2v) is 7.76. The average molecular weight is 373 g/mol. The van der Waals surface area contributed by atoms with Gasteiger partial charge in [0.2, 0.25) is 5.91 Å². The fourth-order valence-corrected chi connectivity index (χ4v) is 3.92. The molecule has 3 amide bonds. The number of nitrogens with one attached hydrogen (secondary N) is 1. The van der Waals surface area contributed by atoms with Crippen LogP contribution in [0.25, 0.3) is 0 Å². The van der Waals surface area contributed by atoms with Gasteiger partial charge in [-0.15, -0.1) is 0 Å². The lowest BCUT2D eigenvalue weighted by molar-refractivity contribution is -0.129. The summed E-state index contributed by atoms with van der Waals surface area (Å²) in [6, 6.07) is 8.23. The van der Waals surface area contributed by atoms with Gasteiger partial charge in [-0.1, -0.05) is 18.2 Å². The molecule has 0 bridgehead atoms. The van der Waals surface area contributed by atoms with Crippen LogP contribution in [0.3, 0.4) is 0 Å². The first-order valence-corrected chi connectivity index (χ1v) is 10.0. The molecule has 2 aliphatic rings. The lowest BCUT2D eigenvalue weighted by Gasteiger charge is -2.36. The molecule has 0 saturated carbocycles. The highest BCUT2D eigenvalue weighted by atomic mass is 16.5. The van der Waals surface area contributed by atoms with E-state index in [1.54, 1.807) is 6.92 Å². The van der Waals surface area contributed by atoms with Gasteiger partial charge in [-0.05, 0) is 44.2 Å². The average Bonchev–Trinajstić information content (AvgIpc) is 2.68. The summed E-state index contributed by atoms with van der Waals surface area (Å²) in [5.74, 6) is 1.41. The molecule has 6 nitrogen and oxygen atoms in total. The number of likely N-dealkylation sites (tertiary alicyclic amines) is 2. The molecule has 1 atom stereocenters. The van der Waals surface area contributed by atoms with Crippen LogP contribution in [-0.2, 0) is 4.79 Å². The van der Waals surface area contributed by atoms with Crippen LogP contribution in [0.1, 0.15) is 38.2 Å². The summed E-state index contributed by atoms with van der Waals surface area (Å²) in [7, 11) is 0. The van der Waals surface area contributed by atoms with Crippen LogP contribution in [-0.4, -0.2) is 60.6 Å². The summed E-state index contributed by atoms with van der Waals surface area (Å²) in [4.78, 5) is 27.8. The molecule has 1 unspecified atom stereocenters. The Morgan fingerprint density at radius 2 is 1.85 bits per heavy atom. The molecular formula is C21H31N3O3. The van der Waals surface area contributed by atoms with E-state index in [1.807, 2.05) is 41.0 Å². The molecule has 1 aromatic rings. The quantitative estimate of drug-likeness (QED) is 0.883. The number of para-hydroxylation sites is 1. The second kappa shape index (κ2) is 9.11. The van der Waals surface area contributed by atoms with Crippen LogP contribution >= 0.6 is 0 Å². The van der Waals surface area contributed by atoms with Gasteiger partial charge < -0.3 is 19.9 Å². The number of amides is 3. The standard InChI is InChI=1S/C21H31N3O3/c1-16-6-3-4-8-20(16)27-15-18-7-5-11-24(14-18)21(26)22-19-9-12-23(13-10-19)17(2)25/h3-4,6,8,18-19H,5,7,9-15H2,1-2H3,(H,22,26). The van der Waals surface area contributed by atoms with E-state index in [1.165, 1.54) is 0 Å². The maximum Gasteiger partial charge on any atom is 0.317 e. The van der Waals surface area contributed by atoms with Crippen molar-refractivity contribution in [3.63, 3.8) is 0 Å². The largest absolute Gasteiger partial charge is 0.493 e. The van der Waals surface area contributed by atoms with Gasteiger partial charge in [0.1, 0.15) is 5.75 Å². The Balaban J connectivity index is 1.44. The van der Waals surface area contributed by atoms with Crippen molar-refractivity contribution in [3.05, 3.63) is 29.8 Å². The van der Waals surface area contributed by atoms with Crippen LogP contribution < -0.4 is 10.1 Å². The fraction of sp³-hybridized carbons (Fsp3) is 0.619. The van der Waals surface area contributed by atoms with E-state index < -0.39 is 0 Å². The molecule has 0 radical (unpaired) electrons. The molecule has 2 aliphatic heterocycles. The first kappa shape index (κ1) is 19.5. The number of piperidine rings is 2. The summed E-state index contributed by atoms with van der Waals surface area (Å²) >= 11 is 0. The predicted molar refractivity (Wildman–Crippen MR) is 105 cm³/mol. The van der Waals surface area contributed by atoms with Gasteiger partial charge in [0, 0.05) is 45.1 Å². The third-order valence-electron chi connectivity index (χ3n) is 5.64. The van der Waals surface area contributed by atoms with E-state index in [-0.39, 0.29) is 18.0 Å². The molecule has 0 aliphatic carbocycles. The van der Waals surface area contributed by atoms with Crippen LogP contribution in [0.2, 0.25) is 0 Å². The van der Waals surface area contributed by atoms with E-state index in [9.17, 15) is 9.59 Å². The van der Waals surface area contributed by atoms with Gasteiger partial charge in [0.05, 0.1) is 6.61 Å². The normalized spacial score (nSPS) is 21.0. The minimum Gasteiger partial charge on any atom is -0.493 e. The van der Waals surface area contributed by atoms with E-state index in [2.05, 4.69) is 5.32 Å². The molecule has 0 aromatic heterocycles. The number of carbonyl (C=O) groups is 2. The zero-order valence-corrected chi connectivity index (χ0v) is 16.4. The maximum absolute atomic E-state index is 12.6. The van der Waals surface area contributed by atoms with E-state index in [0.717, 1.165) is 63.2 Å². The Labute approximate surface area is 161 Å². The minimum absolute atomic E-state index is 0.0249. The molecule has 1 aromatic carbocycles. The lowest BCUT2D eigenvalue weighted by atomic mass is 9.99. The first-order chi connectivity index (χ1) is 13.0. The van der Waals surface area contributed by atoms with E-state index in [0.29, 0.717) is 12.5 Å². The zero-order chi connectivity index (χ0) is 19.2. The highest BCUT2D eigenvalue weighted by Gasteiger charge is 2.27. The first-order valence-electron chi connectivity index (χ1n) is 10.0. The van der Waals surface area contributed by atoms with Crippen molar-refractivity contribution in [1.29, 1.82) is 0 Å². The maximum atomic E-state index is 12.6. The highest BCUT2D eigenvalue weighted by molar-refractivity contribution is 5.75. The van der Waals surface area contributed by atoms with E-state index >= 15 is 0 Å². The third-order valence-corrected chi connectivity index (χ3v) is 5.64. The molecule has 1 N–H and O–H groups in total. The molecule has 148 valence electrons. The van der Waals surface area contributed by atoms with Crippen molar-refractivity contribution in [2.24, 2.45) is 5.92 Å². The third kappa shape index (κ3) is 5.37. The highest BCUT2D eigenvalue weighted by Crippen LogP contribution is 2.21. The van der Waals surface area contributed by atoms with Crippen molar-refractivity contribution in [2.75, 3.05) is 32.8 Å². The monoisotopic (exact) mass is 373 g/mol. The molecule has 6 heteroatoms.